The molecule has 1 nitrogen and oxygen atoms in total. The topological polar surface area (TPSA) is 20.2 Å². The van der Waals surface area contributed by atoms with Gasteiger partial charge in [0, 0.05) is 6.61 Å². The van der Waals surface area contributed by atoms with Crippen molar-refractivity contribution >= 4 is 0 Å². The third-order valence-electron chi connectivity index (χ3n) is 0. The van der Waals surface area contributed by atoms with Crippen LogP contribution < -0.4 is 0 Å². The Kier molecular flexibility index (Phi) is 3480. The Hall–Kier alpha value is -1.04. The second-order valence-electron chi connectivity index (χ2n) is 0.316. The first-order valence-corrected chi connectivity index (χ1v) is 1.02. The van der Waals surface area contributed by atoms with Crippen LogP contribution in [0.4, 0.5) is 0 Å². The van der Waals surface area contributed by atoms with Gasteiger partial charge in [0.15, 0.2) is 0 Å². The molecule has 0 fully saturated rings. The molecule has 0 atom stereocenters. The van der Waals surface area contributed by atoms with Gasteiger partial charge in [-0.2, -0.15) is 0 Å². The molecule has 0 spiro atoms. The van der Waals surface area contributed by atoms with E-state index in [1.54, 1.807) is 6.92 Å². The number of aliphatic hydroxyl groups is 1. The average Bonchev–Trinajstić information content (AvgIpc) is 0.918. The van der Waals surface area contributed by atoms with E-state index in [1.165, 1.54) is 0 Å². The van der Waals surface area contributed by atoms with Crippen LogP contribution in [0.15, 0.2) is 0 Å². The van der Waals surface area contributed by atoms with Crippen molar-refractivity contribution in [3.8, 4) is 0 Å². The molecule has 0 aliphatic heterocycles. The molecule has 0 radical (unpaired) electrons. The van der Waals surface area contributed by atoms with E-state index in [4.69, 9.17) is 5.11 Å². The van der Waals surface area contributed by atoms with Crippen molar-refractivity contribution in [2.75, 3.05) is 6.61 Å². The van der Waals surface area contributed by atoms with Gasteiger partial charge in [0.2, 0.25) is 0 Å². The second-order valence-corrected chi connectivity index (χ2v) is 0.316. The summed E-state index contributed by atoms with van der Waals surface area (Å²) in [5.41, 5.74) is 0. The van der Waals surface area contributed by atoms with E-state index < -0.39 is 0 Å². The van der Waals surface area contributed by atoms with Crippen molar-refractivity contribution in [1.82, 2.24) is 0 Å². The van der Waals surface area contributed by atoms with Crippen LogP contribution in [0.3, 0.4) is 0 Å². The zero-order chi connectivity index (χ0) is 2.71. The van der Waals surface area contributed by atoms with E-state index in [1.807, 2.05) is 0 Å². The van der Waals surface area contributed by atoms with Gasteiger partial charge in [-0.3, -0.25) is 0 Å². The van der Waals surface area contributed by atoms with E-state index in [9.17, 15) is 0 Å². The molecule has 0 aliphatic carbocycles. The third kappa shape index (κ3) is 0.00142. The van der Waals surface area contributed by atoms with Crippen LogP contribution in [0, 0.1) is 0 Å². The molecule has 0 bridgehead atoms. The summed E-state index contributed by atoms with van der Waals surface area (Å²) in [5.74, 6) is 0. The van der Waals surface area contributed by atoms with Gasteiger partial charge < -0.3 is 5.11 Å². The van der Waals surface area contributed by atoms with Gasteiger partial charge in [-0.1, -0.05) is 0 Å². The second kappa shape index (κ2) is 1130. The Labute approximate surface area is 19.9 Å². The van der Waals surface area contributed by atoms with Gasteiger partial charge in [-0.15, -0.1) is 0 Å². The summed E-state index contributed by atoms with van der Waals surface area (Å²) < 4.78 is 0. The van der Waals surface area contributed by atoms with Gasteiger partial charge in [0.05, 0.1) is 0 Å². The fraction of sp³-hybridized carbons (Fsp3) is 1.00. The van der Waals surface area contributed by atoms with E-state index in [2.05, 4.69) is 0 Å². The summed E-state index contributed by atoms with van der Waals surface area (Å²) in [4.78, 5) is 0. The van der Waals surface area contributed by atoms with Crippen LogP contribution in [0.2, 0.25) is 0 Å². The quantitative estimate of drug-likeness (QED) is 0.667. The first kappa shape index (κ1) is 12.3. The molecule has 0 aromatic rings. The SMILES string of the molecule is CCO.[Rf]. The third-order valence-corrected chi connectivity index (χ3v) is 0. The Morgan fingerprint density at radius 3 is 1.75 bits per heavy atom. The molecule has 0 aromatic heterocycles. The van der Waals surface area contributed by atoms with E-state index in [0.717, 1.165) is 0 Å². The monoisotopic (exact) mass is 313 g/mol. The van der Waals surface area contributed by atoms with Crippen LogP contribution in [0.1, 0.15) is 6.92 Å². The fourth-order valence-corrected chi connectivity index (χ4v) is 0. The molecule has 22 valence electrons. The molecular weight excluding hydrogens is 307 g/mol. The van der Waals surface area contributed by atoms with Crippen LogP contribution in [0.25, 0.3) is 0 Å². The minimum atomic E-state index is 0. The van der Waals surface area contributed by atoms with Crippen molar-refractivity contribution in [2.45, 2.75) is 6.92 Å². The van der Waals surface area contributed by atoms with Gasteiger partial charge in [-0.25, -0.2) is 0 Å². The van der Waals surface area contributed by atoms with Gasteiger partial charge >= 0.3 is 0 Å². The van der Waals surface area contributed by atoms with E-state index >= 15 is 0 Å². The molecule has 0 aromatic carbocycles. The fourth-order valence-electron chi connectivity index (χ4n) is 0. The Morgan fingerprint density at radius 2 is 1.75 bits per heavy atom. The standard InChI is InChI=1S/C2H6O.Rf/c1-2-3;/h3H,2H2,1H3;. The zero-order valence-electron chi connectivity index (χ0n) is 2.86. The van der Waals surface area contributed by atoms with Crippen molar-refractivity contribution in [3.63, 3.8) is 0 Å². The summed E-state index contributed by atoms with van der Waals surface area (Å²) in [6, 6.07) is 0. The summed E-state index contributed by atoms with van der Waals surface area (Å²) in [7, 11) is 0. The molecule has 0 heterocycles. The molecule has 0 amide bonds. The first-order chi connectivity index (χ1) is 1.41. The Balaban J connectivity index is 0. The predicted octanol–water partition coefficient (Wildman–Crippen LogP) is -0.00140. The summed E-state index contributed by atoms with van der Waals surface area (Å²) in [6.07, 6.45) is 0. The Morgan fingerprint density at radius 1 is 1.75 bits per heavy atom. The molecule has 1 N–H and O–H groups in total. The van der Waals surface area contributed by atoms with Crippen LogP contribution in [-0.4, -0.2) is 11.7 Å². The normalized spacial score (nSPS) is 4.50. The maximum Gasteiger partial charge on any atom is 0.0402 e. The van der Waals surface area contributed by atoms with Crippen molar-refractivity contribution in [3.05, 3.63) is 0 Å². The minimum absolute atomic E-state index is 0. The molecule has 0 unspecified atom stereocenters. The van der Waals surface area contributed by atoms with E-state index in [0.29, 0.717) is 0 Å². The molecule has 4 heavy (non-hydrogen) atoms. The number of rotatable bonds is 0. The number of aliphatic hydroxyl groups excluding tert-OH is 1. The molecule has 2 heteroatoms. The zero-order valence-corrected chi connectivity index (χ0v) is 9.26. The van der Waals surface area contributed by atoms with Gasteiger partial charge in [0.25, 0.3) is 0 Å². The number of hydrogen-bond donors (Lipinski definition) is 1. The van der Waals surface area contributed by atoms with Gasteiger partial charge in [0.1, 0.15) is 0 Å². The molecule has 0 saturated heterocycles. The van der Waals surface area contributed by atoms with Crippen LogP contribution in [-0.2, 0) is 0 Å². The van der Waals surface area contributed by atoms with Crippen LogP contribution >= 0.6 is 0 Å². The Bertz CT molecular complexity index is 6.00. The summed E-state index contributed by atoms with van der Waals surface area (Å²) >= 11 is 0. The summed E-state index contributed by atoms with van der Waals surface area (Å²) in [5, 5.41) is 7.57. The van der Waals surface area contributed by atoms with Crippen molar-refractivity contribution < 1.29 is 5.11 Å². The summed E-state index contributed by atoms with van der Waals surface area (Å²) in [6.45, 7) is 1.93. The molecule has 0 aliphatic rings. The molecular formula is C2H6ORf. The predicted molar refractivity (Wildman–Crippen MR) is 12.8 cm³/mol. The average molecular weight is 313 g/mol. The van der Waals surface area contributed by atoms with Crippen molar-refractivity contribution in [1.29, 1.82) is 0 Å². The van der Waals surface area contributed by atoms with E-state index in [-0.39, 0.29) is 6.61 Å². The molecule has 0 rings (SSSR count). The largest absolute Gasteiger partial charge is 0.397 e. The molecule has 0 saturated carbocycles. The maximum absolute atomic E-state index is 7.57. The first-order valence-electron chi connectivity index (χ1n) is 1.02. The van der Waals surface area contributed by atoms with Crippen LogP contribution in [0.5, 0.6) is 0 Å². The maximum atomic E-state index is 7.57. The minimum Gasteiger partial charge on any atom is -0.397 e. The van der Waals surface area contributed by atoms with Crippen molar-refractivity contribution in [2.24, 2.45) is 0 Å². The smallest absolute Gasteiger partial charge is 0.0402 e. The number of hydrogen-bond acceptors (Lipinski definition) is 1. The van der Waals surface area contributed by atoms with Gasteiger partial charge in [-0.05, 0) is 6.92 Å².